The molecule has 0 aromatic heterocycles. The molecular formula is C24H40IN5O3. The molecule has 2 fully saturated rings. The summed E-state index contributed by atoms with van der Waals surface area (Å²) >= 11 is 0. The van der Waals surface area contributed by atoms with E-state index < -0.39 is 0 Å². The first-order valence-electron chi connectivity index (χ1n) is 11.7. The van der Waals surface area contributed by atoms with Crippen LogP contribution in [0.2, 0.25) is 0 Å². The molecule has 0 radical (unpaired) electrons. The lowest BCUT2D eigenvalue weighted by atomic mass is 10.0. The van der Waals surface area contributed by atoms with Gasteiger partial charge in [0.1, 0.15) is 6.54 Å². The van der Waals surface area contributed by atoms with Crippen LogP contribution in [-0.4, -0.2) is 93.4 Å². The zero-order chi connectivity index (χ0) is 22.8. The van der Waals surface area contributed by atoms with E-state index in [9.17, 15) is 4.79 Å². The molecule has 186 valence electrons. The monoisotopic (exact) mass is 573 g/mol. The van der Waals surface area contributed by atoms with Crippen LogP contribution < -0.4 is 10.6 Å². The SMILES string of the molecule is CC(COC1CCOC1)NC(=NCC(=O)N(C)C)NC1CCN(Cc2ccccc2)CC1.I. The summed E-state index contributed by atoms with van der Waals surface area (Å²) in [7, 11) is 3.50. The van der Waals surface area contributed by atoms with Crippen LogP contribution in [0.5, 0.6) is 0 Å². The molecule has 2 N–H and O–H groups in total. The van der Waals surface area contributed by atoms with Crippen molar-refractivity contribution in [2.75, 3.05) is 53.6 Å². The number of nitrogens with zero attached hydrogens (tertiary/aromatic N) is 3. The highest BCUT2D eigenvalue weighted by Gasteiger charge is 2.22. The third kappa shape index (κ3) is 10.2. The number of benzene rings is 1. The van der Waals surface area contributed by atoms with E-state index in [4.69, 9.17) is 9.47 Å². The van der Waals surface area contributed by atoms with Gasteiger partial charge in [-0.25, -0.2) is 4.99 Å². The lowest BCUT2D eigenvalue weighted by molar-refractivity contribution is -0.127. The van der Waals surface area contributed by atoms with E-state index in [0.29, 0.717) is 25.2 Å². The smallest absolute Gasteiger partial charge is 0.243 e. The first-order chi connectivity index (χ1) is 15.5. The molecule has 33 heavy (non-hydrogen) atoms. The number of carbonyl (C=O) groups is 1. The maximum Gasteiger partial charge on any atom is 0.243 e. The summed E-state index contributed by atoms with van der Waals surface area (Å²) in [6.07, 6.45) is 3.21. The van der Waals surface area contributed by atoms with Gasteiger partial charge in [0.05, 0.1) is 19.3 Å². The number of amides is 1. The highest BCUT2D eigenvalue weighted by molar-refractivity contribution is 14.0. The molecule has 1 amide bonds. The Kier molecular flexibility index (Phi) is 12.4. The number of guanidine groups is 1. The molecule has 2 atom stereocenters. The molecule has 0 aliphatic carbocycles. The molecule has 2 heterocycles. The number of rotatable bonds is 9. The third-order valence-corrected chi connectivity index (χ3v) is 5.90. The molecule has 1 aromatic rings. The summed E-state index contributed by atoms with van der Waals surface area (Å²) < 4.78 is 11.3. The molecule has 9 heteroatoms. The molecule has 2 unspecified atom stereocenters. The molecule has 1 aromatic carbocycles. The number of ether oxygens (including phenoxy) is 2. The fourth-order valence-electron chi connectivity index (χ4n) is 3.89. The number of piperidine rings is 1. The molecule has 2 aliphatic heterocycles. The number of hydrogen-bond donors (Lipinski definition) is 2. The number of likely N-dealkylation sites (tertiary alicyclic amines) is 1. The van der Waals surface area contributed by atoms with Crippen LogP contribution in [0.1, 0.15) is 31.7 Å². The Balaban J connectivity index is 0.00000385. The van der Waals surface area contributed by atoms with Gasteiger partial charge in [0.15, 0.2) is 5.96 Å². The second kappa shape index (κ2) is 14.7. The lowest BCUT2D eigenvalue weighted by Crippen LogP contribution is -2.51. The summed E-state index contributed by atoms with van der Waals surface area (Å²) in [6.45, 7) is 7.28. The summed E-state index contributed by atoms with van der Waals surface area (Å²) in [5.74, 6) is 0.663. The van der Waals surface area contributed by atoms with E-state index in [1.54, 1.807) is 19.0 Å². The molecule has 0 bridgehead atoms. The maximum absolute atomic E-state index is 12.1. The van der Waals surface area contributed by atoms with E-state index in [2.05, 4.69) is 57.8 Å². The Morgan fingerprint density at radius 3 is 2.61 bits per heavy atom. The van der Waals surface area contributed by atoms with Gasteiger partial charge < -0.3 is 25.0 Å². The summed E-state index contributed by atoms with van der Waals surface area (Å²) in [5, 5.41) is 6.98. The van der Waals surface area contributed by atoms with Crippen molar-refractivity contribution < 1.29 is 14.3 Å². The van der Waals surface area contributed by atoms with Gasteiger partial charge in [-0.15, -0.1) is 24.0 Å². The number of likely N-dealkylation sites (N-methyl/N-ethyl adjacent to an activating group) is 1. The quantitative estimate of drug-likeness (QED) is 0.268. The largest absolute Gasteiger partial charge is 0.379 e. The van der Waals surface area contributed by atoms with Crippen molar-refractivity contribution in [3.63, 3.8) is 0 Å². The van der Waals surface area contributed by atoms with E-state index in [1.165, 1.54) is 5.56 Å². The van der Waals surface area contributed by atoms with Crippen molar-refractivity contribution in [3.8, 4) is 0 Å². The highest BCUT2D eigenvalue weighted by Crippen LogP contribution is 2.14. The minimum atomic E-state index is -0.0178. The van der Waals surface area contributed by atoms with Gasteiger partial charge in [0.2, 0.25) is 5.91 Å². The van der Waals surface area contributed by atoms with E-state index in [1.807, 2.05) is 0 Å². The maximum atomic E-state index is 12.1. The number of hydrogen-bond acceptors (Lipinski definition) is 5. The standard InChI is InChI=1S/C24H39N5O3.HI/c1-19(17-32-22-11-14-31-18-22)26-24(25-15-23(30)28(2)3)27-21-9-12-29(13-10-21)16-20-7-5-4-6-8-20;/h4-8,19,21-22H,9-18H2,1-3H3,(H2,25,26,27);1H. The molecular weight excluding hydrogens is 533 g/mol. The van der Waals surface area contributed by atoms with Crippen LogP contribution in [0.15, 0.2) is 35.3 Å². The Hall–Kier alpha value is -1.43. The fraction of sp³-hybridized carbons (Fsp3) is 0.667. The van der Waals surface area contributed by atoms with E-state index >= 15 is 0 Å². The van der Waals surface area contributed by atoms with Gasteiger partial charge >= 0.3 is 0 Å². The third-order valence-electron chi connectivity index (χ3n) is 5.90. The second-order valence-corrected chi connectivity index (χ2v) is 9.00. The van der Waals surface area contributed by atoms with Crippen molar-refractivity contribution in [2.24, 2.45) is 4.99 Å². The molecule has 0 spiro atoms. The van der Waals surface area contributed by atoms with Crippen molar-refractivity contribution in [2.45, 2.75) is 50.9 Å². The Morgan fingerprint density at radius 1 is 1.24 bits per heavy atom. The summed E-state index contributed by atoms with van der Waals surface area (Å²) in [5.41, 5.74) is 1.35. The van der Waals surface area contributed by atoms with Gasteiger partial charge in [0, 0.05) is 52.4 Å². The highest BCUT2D eigenvalue weighted by atomic mass is 127. The van der Waals surface area contributed by atoms with Crippen LogP contribution in [-0.2, 0) is 20.8 Å². The van der Waals surface area contributed by atoms with Gasteiger partial charge in [-0.2, -0.15) is 0 Å². The number of nitrogens with one attached hydrogen (secondary N) is 2. The average molecular weight is 574 g/mol. The zero-order valence-corrected chi connectivity index (χ0v) is 22.5. The Labute approximate surface area is 215 Å². The number of halogens is 1. The normalized spacial score (nSPS) is 20.7. The minimum absolute atomic E-state index is 0. The molecule has 2 saturated heterocycles. The molecule has 8 nitrogen and oxygen atoms in total. The van der Waals surface area contributed by atoms with E-state index in [-0.39, 0.29) is 48.6 Å². The first-order valence-corrected chi connectivity index (χ1v) is 11.7. The van der Waals surface area contributed by atoms with E-state index in [0.717, 1.165) is 45.5 Å². The van der Waals surface area contributed by atoms with Gasteiger partial charge in [-0.05, 0) is 31.7 Å². The average Bonchev–Trinajstić information content (AvgIpc) is 3.31. The van der Waals surface area contributed by atoms with Crippen molar-refractivity contribution in [1.29, 1.82) is 0 Å². The van der Waals surface area contributed by atoms with Crippen molar-refractivity contribution >= 4 is 35.8 Å². The van der Waals surface area contributed by atoms with Crippen LogP contribution in [0, 0.1) is 0 Å². The number of carbonyl (C=O) groups excluding carboxylic acids is 1. The molecule has 2 aliphatic rings. The van der Waals surface area contributed by atoms with Gasteiger partial charge in [-0.1, -0.05) is 30.3 Å². The summed E-state index contributed by atoms with van der Waals surface area (Å²) in [4.78, 5) is 20.7. The topological polar surface area (TPSA) is 78.4 Å². The Morgan fingerprint density at radius 2 is 1.97 bits per heavy atom. The summed E-state index contributed by atoms with van der Waals surface area (Å²) in [6, 6.07) is 11.0. The minimum Gasteiger partial charge on any atom is -0.379 e. The predicted molar refractivity (Wildman–Crippen MR) is 142 cm³/mol. The van der Waals surface area contributed by atoms with Crippen LogP contribution >= 0.6 is 24.0 Å². The first kappa shape index (κ1) is 27.8. The van der Waals surface area contributed by atoms with Crippen LogP contribution in [0.3, 0.4) is 0 Å². The molecule has 3 rings (SSSR count). The lowest BCUT2D eigenvalue weighted by Gasteiger charge is -2.33. The predicted octanol–water partition coefficient (Wildman–Crippen LogP) is 2.09. The van der Waals surface area contributed by atoms with Crippen LogP contribution in [0.25, 0.3) is 0 Å². The van der Waals surface area contributed by atoms with Gasteiger partial charge in [0.25, 0.3) is 0 Å². The van der Waals surface area contributed by atoms with Crippen molar-refractivity contribution in [3.05, 3.63) is 35.9 Å². The zero-order valence-electron chi connectivity index (χ0n) is 20.2. The van der Waals surface area contributed by atoms with Crippen molar-refractivity contribution in [1.82, 2.24) is 20.4 Å². The van der Waals surface area contributed by atoms with Gasteiger partial charge in [-0.3, -0.25) is 9.69 Å². The van der Waals surface area contributed by atoms with Crippen LogP contribution in [0.4, 0.5) is 0 Å². The second-order valence-electron chi connectivity index (χ2n) is 9.00. The Bertz CT molecular complexity index is 720. The number of aliphatic imine (C=N–C) groups is 1. The molecule has 0 saturated carbocycles. The fourth-order valence-corrected chi connectivity index (χ4v) is 3.89.